The molecule has 1 atom stereocenters. The van der Waals surface area contributed by atoms with Crippen molar-refractivity contribution in [3.63, 3.8) is 0 Å². The van der Waals surface area contributed by atoms with Crippen LogP contribution >= 0.6 is 0 Å². The Morgan fingerprint density at radius 2 is 1.81 bits per heavy atom. The van der Waals surface area contributed by atoms with Gasteiger partial charge in [0.1, 0.15) is 18.4 Å². The number of carbonyl (C=O) groups excluding carboxylic acids is 2. The molecule has 0 fully saturated rings. The van der Waals surface area contributed by atoms with Gasteiger partial charge in [0.25, 0.3) is 0 Å². The largest absolute Gasteiger partial charge is 0.355 e. The van der Waals surface area contributed by atoms with E-state index in [9.17, 15) is 22.4 Å². The van der Waals surface area contributed by atoms with Gasteiger partial charge in [-0.2, -0.15) is 0 Å². The third kappa shape index (κ3) is 6.78. The minimum Gasteiger partial charge on any atom is -0.355 e. The smallest absolute Gasteiger partial charge is 0.244 e. The molecule has 0 aliphatic rings. The molecule has 2 rings (SSSR count). The number of amides is 2. The molecule has 1 unspecified atom stereocenters. The maximum Gasteiger partial charge on any atom is 0.244 e. The van der Waals surface area contributed by atoms with Crippen molar-refractivity contribution in [2.45, 2.75) is 33.4 Å². The van der Waals surface area contributed by atoms with Gasteiger partial charge in [-0.1, -0.05) is 35.9 Å². The highest BCUT2D eigenvalue weighted by atomic mass is 32.2. The van der Waals surface area contributed by atoms with Crippen molar-refractivity contribution in [3.05, 3.63) is 65.5 Å². The molecule has 0 aliphatic heterocycles. The monoisotopic (exact) mass is 449 g/mol. The van der Waals surface area contributed by atoms with Gasteiger partial charge in [0.05, 0.1) is 11.9 Å². The maximum absolute atomic E-state index is 13.7. The van der Waals surface area contributed by atoms with Crippen LogP contribution in [0.3, 0.4) is 0 Å². The number of sulfonamides is 1. The summed E-state index contributed by atoms with van der Waals surface area (Å²) in [7, 11) is -3.88. The van der Waals surface area contributed by atoms with Gasteiger partial charge in [-0.3, -0.25) is 13.9 Å². The van der Waals surface area contributed by atoms with Crippen molar-refractivity contribution in [2.75, 3.05) is 23.7 Å². The van der Waals surface area contributed by atoms with Crippen molar-refractivity contribution in [1.29, 1.82) is 0 Å². The van der Waals surface area contributed by atoms with E-state index in [0.29, 0.717) is 6.54 Å². The van der Waals surface area contributed by atoms with Crippen LogP contribution in [-0.2, 0) is 26.2 Å². The third-order valence-corrected chi connectivity index (χ3v) is 5.87. The Morgan fingerprint density at radius 3 is 2.39 bits per heavy atom. The summed E-state index contributed by atoms with van der Waals surface area (Å²) in [5, 5.41) is 2.69. The fourth-order valence-electron chi connectivity index (χ4n) is 3.16. The first-order valence-electron chi connectivity index (χ1n) is 9.89. The van der Waals surface area contributed by atoms with Crippen LogP contribution in [0.1, 0.15) is 25.0 Å². The van der Waals surface area contributed by atoms with Gasteiger partial charge in [0.2, 0.25) is 21.8 Å². The fraction of sp³-hybridized carbons (Fsp3) is 0.364. The van der Waals surface area contributed by atoms with E-state index >= 15 is 0 Å². The molecule has 9 heteroatoms. The zero-order chi connectivity index (χ0) is 23.2. The first kappa shape index (κ1) is 24.3. The van der Waals surface area contributed by atoms with Crippen molar-refractivity contribution in [2.24, 2.45) is 0 Å². The first-order valence-corrected chi connectivity index (χ1v) is 11.7. The average molecular weight is 450 g/mol. The number of benzene rings is 2. The molecule has 0 radical (unpaired) electrons. The van der Waals surface area contributed by atoms with E-state index in [1.165, 1.54) is 23.1 Å². The van der Waals surface area contributed by atoms with Crippen LogP contribution < -0.4 is 9.62 Å². The molecular weight excluding hydrogens is 421 g/mol. The number of anilines is 1. The topological polar surface area (TPSA) is 86.8 Å². The van der Waals surface area contributed by atoms with Crippen LogP contribution in [0.4, 0.5) is 10.1 Å². The summed E-state index contributed by atoms with van der Waals surface area (Å²) in [6.45, 7) is 5.24. The van der Waals surface area contributed by atoms with Gasteiger partial charge in [0.15, 0.2) is 0 Å². The number of halogens is 1. The van der Waals surface area contributed by atoms with Crippen LogP contribution in [0.2, 0.25) is 0 Å². The van der Waals surface area contributed by atoms with Crippen molar-refractivity contribution >= 4 is 27.5 Å². The molecule has 1 N–H and O–H groups in total. The highest BCUT2D eigenvalue weighted by molar-refractivity contribution is 7.92. The van der Waals surface area contributed by atoms with Crippen LogP contribution in [0.25, 0.3) is 0 Å². The summed E-state index contributed by atoms with van der Waals surface area (Å²) in [6.07, 6.45) is 0.948. The lowest BCUT2D eigenvalue weighted by molar-refractivity contribution is -0.139. The van der Waals surface area contributed by atoms with Gasteiger partial charge < -0.3 is 10.2 Å². The molecule has 0 saturated heterocycles. The molecule has 0 spiro atoms. The van der Waals surface area contributed by atoms with E-state index in [1.54, 1.807) is 13.8 Å². The summed E-state index contributed by atoms with van der Waals surface area (Å²) < 4.78 is 39.3. The predicted molar refractivity (Wildman–Crippen MR) is 118 cm³/mol. The second kappa shape index (κ2) is 10.4. The Balaban J connectivity index is 2.38. The Morgan fingerprint density at radius 1 is 1.13 bits per heavy atom. The second-order valence-corrected chi connectivity index (χ2v) is 9.24. The number of carbonyl (C=O) groups is 2. The molecule has 7 nitrogen and oxygen atoms in total. The molecule has 168 valence electrons. The fourth-order valence-corrected chi connectivity index (χ4v) is 4.00. The quantitative estimate of drug-likeness (QED) is 0.637. The molecule has 0 aliphatic carbocycles. The molecule has 0 saturated carbocycles. The maximum atomic E-state index is 13.7. The number of rotatable bonds is 9. The lowest BCUT2D eigenvalue weighted by atomic mass is 10.1. The van der Waals surface area contributed by atoms with Crippen molar-refractivity contribution in [3.8, 4) is 0 Å². The second-order valence-electron chi connectivity index (χ2n) is 7.33. The number of likely N-dealkylation sites (N-methyl/N-ethyl adjacent to an activating group) is 1. The Bertz CT molecular complexity index is 1040. The number of hydrogen-bond acceptors (Lipinski definition) is 4. The van der Waals surface area contributed by atoms with Gasteiger partial charge in [0, 0.05) is 13.1 Å². The van der Waals surface area contributed by atoms with Gasteiger partial charge in [-0.25, -0.2) is 12.8 Å². The molecular formula is C22H28FN3O4S. The molecule has 2 amide bonds. The van der Waals surface area contributed by atoms with E-state index in [0.717, 1.165) is 27.8 Å². The third-order valence-electron chi connectivity index (χ3n) is 4.73. The SMILES string of the molecule is CCNC(=O)C(C)N(Cc1cccc(C)c1)C(=O)CN(c1cccc(F)c1)S(C)(=O)=O. The summed E-state index contributed by atoms with van der Waals surface area (Å²) >= 11 is 0. The molecule has 0 heterocycles. The first-order chi connectivity index (χ1) is 14.5. The zero-order valence-electron chi connectivity index (χ0n) is 18.1. The standard InChI is InChI=1S/C22H28FN3O4S/c1-5-24-22(28)17(3)25(14-18-9-6-8-16(2)12-18)21(27)15-26(31(4,29)30)20-11-7-10-19(23)13-20/h6-13,17H,5,14-15H2,1-4H3,(H,24,28). The van der Waals surface area contributed by atoms with Crippen LogP contribution in [0, 0.1) is 12.7 Å². The van der Waals surface area contributed by atoms with E-state index < -0.39 is 34.3 Å². The molecule has 2 aromatic rings. The highest BCUT2D eigenvalue weighted by Crippen LogP contribution is 2.20. The summed E-state index contributed by atoms with van der Waals surface area (Å²) in [6, 6.07) is 11.7. The molecule has 0 aromatic heterocycles. The normalized spacial score (nSPS) is 12.2. The van der Waals surface area contributed by atoms with Crippen molar-refractivity contribution in [1.82, 2.24) is 10.2 Å². The number of aryl methyl sites for hydroxylation is 1. The zero-order valence-corrected chi connectivity index (χ0v) is 18.9. The lowest BCUT2D eigenvalue weighted by Gasteiger charge is -2.31. The van der Waals surface area contributed by atoms with Gasteiger partial charge in [-0.15, -0.1) is 0 Å². The summed E-state index contributed by atoms with van der Waals surface area (Å²) in [5.74, 6) is -1.54. The van der Waals surface area contributed by atoms with Crippen LogP contribution in [0.15, 0.2) is 48.5 Å². The van der Waals surface area contributed by atoms with Gasteiger partial charge in [-0.05, 0) is 44.5 Å². The molecule has 0 bridgehead atoms. The Labute approximate surface area is 182 Å². The van der Waals surface area contributed by atoms with Crippen molar-refractivity contribution < 1.29 is 22.4 Å². The molecule has 31 heavy (non-hydrogen) atoms. The summed E-state index contributed by atoms with van der Waals surface area (Å²) in [4.78, 5) is 27.0. The molecule has 2 aromatic carbocycles. The number of hydrogen-bond donors (Lipinski definition) is 1. The van der Waals surface area contributed by atoms with E-state index in [4.69, 9.17) is 0 Å². The van der Waals surface area contributed by atoms with E-state index in [-0.39, 0.29) is 18.1 Å². The minimum atomic E-state index is -3.88. The number of nitrogens with one attached hydrogen (secondary N) is 1. The summed E-state index contributed by atoms with van der Waals surface area (Å²) in [5.41, 5.74) is 1.84. The van der Waals surface area contributed by atoms with Crippen LogP contribution in [0.5, 0.6) is 0 Å². The highest BCUT2D eigenvalue weighted by Gasteiger charge is 2.30. The average Bonchev–Trinajstić information content (AvgIpc) is 2.69. The predicted octanol–water partition coefficient (Wildman–Crippen LogP) is 2.45. The number of nitrogens with zero attached hydrogens (tertiary/aromatic N) is 2. The van der Waals surface area contributed by atoms with Gasteiger partial charge >= 0.3 is 0 Å². The van der Waals surface area contributed by atoms with Crippen LogP contribution in [-0.4, -0.2) is 50.5 Å². The lowest BCUT2D eigenvalue weighted by Crippen LogP contribution is -2.51. The van der Waals surface area contributed by atoms with E-state index in [1.807, 2.05) is 31.2 Å². The Hall–Kier alpha value is -2.94. The Kier molecular flexibility index (Phi) is 8.15. The van der Waals surface area contributed by atoms with E-state index in [2.05, 4.69) is 5.32 Å². The minimum absolute atomic E-state index is 0.0389.